The molecule has 1 atom stereocenters. The molecule has 2 aromatic rings. The highest BCUT2D eigenvalue weighted by Gasteiger charge is 2.26. The largest absolute Gasteiger partial charge is 0.496 e. The highest BCUT2D eigenvalue weighted by Crippen LogP contribution is 2.31. The Kier molecular flexibility index (Phi) is 7.08. The van der Waals surface area contributed by atoms with Crippen LogP contribution in [-0.2, 0) is 6.54 Å². The molecule has 7 heteroatoms. The Morgan fingerprint density at radius 3 is 2.77 bits per heavy atom. The summed E-state index contributed by atoms with van der Waals surface area (Å²) in [7, 11) is 5.23. The Balaban J connectivity index is 0.00000243. The van der Waals surface area contributed by atoms with Crippen LogP contribution >= 0.6 is 12.4 Å². The quantitative estimate of drug-likeness (QED) is 0.838. The Morgan fingerprint density at radius 2 is 2.04 bits per heavy atom. The Hall–Kier alpha value is -2.02. The van der Waals surface area contributed by atoms with Crippen LogP contribution in [-0.4, -0.2) is 61.5 Å². The van der Waals surface area contributed by atoms with E-state index in [-0.39, 0.29) is 24.4 Å². The van der Waals surface area contributed by atoms with Gasteiger partial charge in [-0.1, -0.05) is 18.2 Å². The van der Waals surface area contributed by atoms with Gasteiger partial charge in [-0.05, 0) is 18.2 Å². The highest BCUT2D eigenvalue weighted by atomic mass is 35.5. The molecule has 0 saturated carbocycles. The number of amides is 1. The first kappa shape index (κ1) is 20.3. The van der Waals surface area contributed by atoms with E-state index in [0.29, 0.717) is 5.69 Å². The molecule has 2 heterocycles. The number of rotatable bonds is 5. The number of aromatic nitrogens is 1. The molecule has 1 aromatic heterocycles. The lowest BCUT2D eigenvalue weighted by molar-refractivity contribution is 0.0822. The molecule has 142 valence electrons. The summed E-state index contributed by atoms with van der Waals surface area (Å²) in [4.78, 5) is 19.3. The maximum Gasteiger partial charge on any atom is 0.269 e. The number of halogens is 1. The number of ether oxygens (including phenoxy) is 1. The van der Waals surface area contributed by atoms with Gasteiger partial charge >= 0.3 is 0 Å². The summed E-state index contributed by atoms with van der Waals surface area (Å²) in [6.45, 7) is 3.55. The summed E-state index contributed by atoms with van der Waals surface area (Å²) < 4.78 is 5.55. The number of nitrogens with zero attached hydrogens (tertiary/aromatic N) is 2. The monoisotopic (exact) mass is 378 g/mol. The van der Waals surface area contributed by atoms with Crippen molar-refractivity contribution in [3.8, 4) is 5.75 Å². The summed E-state index contributed by atoms with van der Waals surface area (Å²) in [6.07, 6.45) is 0. The number of methoxy groups -OCH3 is 1. The molecule has 1 aromatic carbocycles. The van der Waals surface area contributed by atoms with Gasteiger partial charge in [0.1, 0.15) is 11.4 Å². The van der Waals surface area contributed by atoms with E-state index in [0.717, 1.165) is 37.6 Å². The van der Waals surface area contributed by atoms with Crippen molar-refractivity contribution < 1.29 is 9.53 Å². The number of benzene rings is 1. The number of H-pyrrole nitrogens is 1. The van der Waals surface area contributed by atoms with E-state index < -0.39 is 0 Å². The highest BCUT2D eigenvalue weighted by molar-refractivity contribution is 5.92. The van der Waals surface area contributed by atoms with Crippen molar-refractivity contribution in [3.05, 3.63) is 53.3 Å². The summed E-state index contributed by atoms with van der Waals surface area (Å²) >= 11 is 0. The minimum atomic E-state index is -0.00663. The molecule has 1 saturated heterocycles. The van der Waals surface area contributed by atoms with Crippen molar-refractivity contribution in [2.24, 2.45) is 0 Å². The maximum atomic E-state index is 12.1. The molecule has 0 spiro atoms. The molecule has 1 aliphatic rings. The van der Waals surface area contributed by atoms with Gasteiger partial charge in [0.15, 0.2) is 0 Å². The van der Waals surface area contributed by atoms with Crippen LogP contribution in [0.5, 0.6) is 5.75 Å². The topological polar surface area (TPSA) is 60.6 Å². The molecule has 1 amide bonds. The van der Waals surface area contributed by atoms with Gasteiger partial charge in [0.25, 0.3) is 5.91 Å². The van der Waals surface area contributed by atoms with E-state index >= 15 is 0 Å². The summed E-state index contributed by atoms with van der Waals surface area (Å²) in [5, 5.41) is 3.47. The van der Waals surface area contributed by atoms with E-state index in [1.807, 2.05) is 30.3 Å². The second kappa shape index (κ2) is 9.07. The smallest absolute Gasteiger partial charge is 0.269 e. The van der Waals surface area contributed by atoms with Gasteiger partial charge < -0.3 is 19.9 Å². The van der Waals surface area contributed by atoms with Gasteiger partial charge in [-0.2, -0.15) is 0 Å². The zero-order valence-electron chi connectivity index (χ0n) is 15.5. The normalized spacial score (nSPS) is 17.4. The lowest BCUT2D eigenvalue weighted by Gasteiger charge is -2.36. The summed E-state index contributed by atoms with van der Waals surface area (Å²) in [6, 6.07) is 12.3. The second-order valence-corrected chi connectivity index (χ2v) is 6.53. The first-order valence-corrected chi connectivity index (χ1v) is 8.57. The first-order valence-electron chi connectivity index (χ1n) is 8.57. The van der Waals surface area contributed by atoms with Crippen LogP contribution in [0.4, 0.5) is 0 Å². The number of carbonyl (C=O) groups excluding carboxylic acids is 1. The van der Waals surface area contributed by atoms with Crippen LogP contribution in [0.25, 0.3) is 0 Å². The summed E-state index contributed by atoms with van der Waals surface area (Å²) in [5.74, 6) is 0.906. The molecule has 1 unspecified atom stereocenters. The van der Waals surface area contributed by atoms with Crippen molar-refractivity contribution in [3.63, 3.8) is 0 Å². The fourth-order valence-electron chi connectivity index (χ4n) is 3.30. The predicted octanol–water partition coefficient (Wildman–Crippen LogP) is 2.29. The number of aromatic amines is 1. The van der Waals surface area contributed by atoms with Crippen LogP contribution in [0.3, 0.4) is 0 Å². The van der Waals surface area contributed by atoms with E-state index in [1.54, 1.807) is 26.1 Å². The van der Waals surface area contributed by atoms with Crippen molar-refractivity contribution in [1.82, 2.24) is 20.1 Å². The van der Waals surface area contributed by atoms with Crippen LogP contribution in [0.2, 0.25) is 0 Å². The molecule has 26 heavy (non-hydrogen) atoms. The van der Waals surface area contributed by atoms with Gasteiger partial charge in [0.2, 0.25) is 0 Å². The third-order valence-corrected chi connectivity index (χ3v) is 4.61. The number of hydrogen-bond acceptors (Lipinski definition) is 4. The summed E-state index contributed by atoms with van der Waals surface area (Å²) in [5.41, 5.74) is 2.87. The standard InChI is InChI=1S/C19H26N4O2.ClH/c1-22(2)19(24)16-9-8-14(21-16)13-23-11-10-20-12-17(23)15-6-4-5-7-18(15)25-3;/h4-9,17,20-21H,10-13H2,1-3H3;1H. The van der Waals surface area contributed by atoms with Crippen molar-refractivity contribution in [2.45, 2.75) is 12.6 Å². The van der Waals surface area contributed by atoms with Crippen molar-refractivity contribution in [1.29, 1.82) is 0 Å². The van der Waals surface area contributed by atoms with Crippen molar-refractivity contribution in [2.75, 3.05) is 40.8 Å². The molecule has 2 N–H and O–H groups in total. The number of para-hydroxylation sites is 1. The average molecular weight is 379 g/mol. The number of piperazine rings is 1. The molecule has 0 radical (unpaired) electrons. The van der Waals surface area contributed by atoms with Gasteiger partial charge in [-0.3, -0.25) is 9.69 Å². The Labute approximate surface area is 160 Å². The molecule has 3 rings (SSSR count). The van der Waals surface area contributed by atoms with Crippen LogP contribution in [0.15, 0.2) is 36.4 Å². The molecular weight excluding hydrogens is 352 g/mol. The van der Waals surface area contributed by atoms with E-state index in [9.17, 15) is 4.79 Å². The fraction of sp³-hybridized carbons (Fsp3) is 0.421. The molecule has 0 aliphatic carbocycles. The van der Waals surface area contributed by atoms with Gasteiger partial charge in [-0.15, -0.1) is 12.4 Å². The average Bonchev–Trinajstić information content (AvgIpc) is 3.10. The lowest BCUT2D eigenvalue weighted by atomic mass is 10.0. The minimum Gasteiger partial charge on any atom is -0.496 e. The maximum absolute atomic E-state index is 12.1. The Bertz CT molecular complexity index is 732. The first-order chi connectivity index (χ1) is 12.1. The van der Waals surface area contributed by atoms with E-state index in [1.165, 1.54) is 5.56 Å². The number of nitrogens with one attached hydrogen (secondary N) is 2. The molecule has 0 bridgehead atoms. The lowest BCUT2D eigenvalue weighted by Crippen LogP contribution is -2.45. The molecule has 1 aliphatic heterocycles. The van der Waals surface area contributed by atoms with E-state index in [4.69, 9.17) is 4.74 Å². The third kappa shape index (κ3) is 4.38. The predicted molar refractivity (Wildman–Crippen MR) is 105 cm³/mol. The fourth-order valence-corrected chi connectivity index (χ4v) is 3.30. The van der Waals surface area contributed by atoms with Gasteiger partial charge in [0.05, 0.1) is 13.2 Å². The van der Waals surface area contributed by atoms with E-state index in [2.05, 4.69) is 21.3 Å². The Morgan fingerprint density at radius 1 is 1.27 bits per heavy atom. The number of hydrogen-bond donors (Lipinski definition) is 2. The minimum absolute atomic E-state index is 0. The molecule has 1 fully saturated rings. The van der Waals surface area contributed by atoms with Crippen LogP contribution < -0.4 is 10.1 Å². The second-order valence-electron chi connectivity index (χ2n) is 6.53. The number of carbonyl (C=O) groups is 1. The van der Waals surface area contributed by atoms with Gasteiger partial charge in [0, 0.05) is 51.5 Å². The zero-order chi connectivity index (χ0) is 17.8. The van der Waals surface area contributed by atoms with Gasteiger partial charge in [-0.25, -0.2) is 0 Å². The molecular formula is C19H27ClN4O2. The SMILES string of the molecule is COc1ccccc1C1CNCCN1Cc1ccc(C(=O)N(C)C)[nH]1.Cl. The van der Waals surface area contributed by atoms with Crippen LogP contribution in [0, 0.1) is 0 Å². The van der Waals surface area contributed by atoms with Crippen molar-refractivity contribution >= 4 is 18.3 Å². The van der Waals surface area contributed by atoms with Crippen LogP contribution in [0.1, 0.15) is 27.8 Å². The molecule has 6 nitrogen and oxygen atoms in total. The third-order valence-electron chi connectivity index (χ3n) is 4.61. The zero-order valence-corrected chi connectivity index (χ0v) is 16.3.